The van der Waals surface area contributed by atoms with Crippen LogP contribution in [0.2, 0.25) is 0 Å². The van der Waals surface area contributed by atoms with Crippen LogP contribution in [-0.4, -0.2) is 29.9 Å². The molecular weight excluding hydrogens is 226 g/mol. The lowest BCUT2D eigenvalue weighted by atomic mass is 10.2. The molecule has 1 saturated heterocycles. The van der Waals surface area contributed by atoms with Gasteiger partial charge in [-0.3, -0.25) is 9.69 Å². The highest BCUT2D eigenvalue weighted by molar-refractivity contribution is 5.94. The minimum absolute atomic E-state index is 0.0386. The Morgan fingerprint density at radius 1 is 1.44 bits per heavy atom. The van der Waals surface area contributed by atoms with Crippen molar-refractivity contribution in [1.29, 1.82) is 5.26 Å². The molecule has 0 spiro atoms. The minimum Gasteiger partial charge on any atom is -0.325 e. The molecule has 1 atom stereocenters. The zero-order chi connectivity index (χ0) is 12.8. The molecule has 18 heavy (non-hydrogen) atoms. The predicted molar refractivity (Wildman–Crippen MR) is 69.9 cm³/mol. The molecule has 1 N–H and O–H groups in total. The van der Waals surface area contributed by atoms with Crippen LogP contribution in [0.3, 0.4) is 0 Å². The zero-order valence-electron chi connectivity index (χ0n) is 10.3. The van der Waals surface area contributed by atoms with Gasteiger partial charge in [0.2, 0.25) is 5.91 Å². The van der Waals surface area contributed by atoms with Crippen molar-refractivity contribution in [2.24, 2.45) is 0 Å². The van der Waals surface area contributed by atoms with E-state index in [2.05, 4.69) is 16.3 Å². The number of likely N-dealkylation sites (tertiary alicyclic amines) is 1. The third-order valence-corrected chi connectivity index (χ3v) is 3.22. The van der Waals surface area contributed by atoms with Crippen LogP contribution in [0.25, 0.3) is 0 Å². The second-order valence-electron chi connectivity index (χ2n) is 4.46. The molecule has 1 aromatic carbocycles. The van der Waals surface area contributed by atoms with E-state index in [0.29, 0.717) is 13.0 Å². The molecule has 1 unspecified atom stereocenters. The summed E-state index contributed by atoms with van der Waals surface area (Å²) in [5.74, 6) is 0.0386. The number of amides is 1. The smallest absolute Gasteiger partial charge is 0.241 e. The number of para-hydroxylation sites is 1. The average molecular weight is 243 g/mol. The molecule has 4 nitrogen and oxygen atoms in total. The standard InChI is InChI=1S/C14H17N3O/c15-9-5-11-17-10-4-8-13(17)14(18)16-12-6-2-1-3-7-12/h1-3,6-7,13H,4-5,8,10-11H2,(H,16,18). The third kappa shape index (κ3) is 3.08. The summed E-state index contributed by atoms with van der Waals surface area (Å²) in [6.45, 7) is 1.60. The summed E-state index contributed by atoms with van der Waals surface area (Å²) in [6, 6.07) is 11.5. The molecule has 94 valence electrons. The normalized spacial score (nSPS) is 19.4. The Kier molecular flexibility index (Phi) is 4.32. The molecule has 2 rings (SSSR count). The number of hydrogen-bond donors (Lipinski definition) is 1. The van der Waals surface area contributed by atoms with E-state index in [1.54, 1.807) is 0 Å². The van der Waals surface area contributed by atoms with Crippen LogP contribution in [0.4, 0.5) is 5.69 Å². The third-order valence-electron chi connectivity index (χ3n) is 3.22. The molecular formula is C14H17N3O. The average Bonchev–Trinajstić information content (AvgIpc) is 2.86. The van der Waals surface area contributed by atoms with Crippen molar-refractivity contribution in [1.82, 2.24) is 4.90 Å². The fourth-order valence-corrected chi connectivity index (χ4v) is 2.33. The number of nitrogens with one attached hydrogen (secondary N) is 1. The van der Waals surface area contributed by atoms with Gasteiger partial charge in [0.1, 0.15) is 0 Å². The van der Waals surface area contributed by atoms with Crippen molar-refractivity contribution >= 4 is 11.6 Å². The quantitative estimate of drug-likeness (QED) is 0.880. The summed E-state index contributed by atoms with van der Waals surface area (Å²) < 4.78 is 0. The van der Waals surface area contributed by atoms with Gasteiger partial charge in [-0.1, -0.05) is 18.2 Å². The molecule has 1 aliphatic heterocycles. The Labute approximate surface area is 107 Å². The SMILES string of the molecule is N#CCCN1CCCC1C(=O)Nc1ccccc1. The van der Waals surface area contributed by atoms with Crippen LogP contribution in [0.5, 0.6) is 0 Å². The Morgan fingerprint density at radius 2 is 2.22 bits per heavy atom. The van der Waals surface area contributed by atoms with Crippen molar-refractivity contribution < 1.29 is 4.79 Å². The second-order valence-corrected chi connectivity index (χ2v) is 4.46. The largest absolute Gasteiger partial charge is 0.325 e. The highest BCUT2D eigenvalue weighted by atomic mass is 16.2. The Morgan fingerprint density at radius 3 is 2.94 bits per heavy atom. The maximum Gasteiger partial charge on any atom is 0.241 e. The molecule has 0 aromatic heterocycles. The molecule has 4 heteroatoms. The van der Waals surface area contributed by atoms with Gasteiger partial charge < -0.3 is 5.32 Å². The van der Waals surface area contributed by atoms with E-state index >= 15 is 0 Å². The van der Waals surface area contributed by atoms with Gasteiger partial charge in [0, 0.05) is 18.7 Å². The van der Waals surface area contributed by atoms with E-state index in [1.807, 2.05) is 30.3 Å². The first-order valence-corrected chi connectivity index (χ1v) is 6.28. The molecule has 0 aliphatic carbocycles. The molecule has 1 amide bonds. The Balaban J connectivity index is 1.94. The number of anilines is 1. The fourth-order valence-electron chi connectivity index (χ4n) is 2.33. The van der Waals surface area contributed by atoms with Crippen molar-refractivity contribution in [2.45, 2.75) is 25.3 Å². The van der Waals surface area contributed by atoms with Crippen LogP contribution >= 0.6 is 0 Å². The van der Waals surface area contributed by atoms with Gasteiger partial charge in [-0.05, 0) is 31.5 Å². The molecule has 0 saturated carbocycles. The summed E-state index contributed by atoms with van der Waals surface area (Å²) in [5, 5.41) is 11.5. The van der Waals surface area contributed by atoms with Crippen molar-refractivity contribution in [3.05, 3.63) is 30.3 Å². The van der Waals surface area contributed by atoms with E-state index in [0.717, 1.165) is 25.1 Å². The van der Waals surface area contributed by atoms with E-state index in [1.165, 1.54) is 0 Å². The number of benzene rings is 1. The van der Waals surface area contributed by atoms with E-state index in [9.17, 15) is 4.79 Å². The summed E-state index contributed by atoms with van der Waals surface area (Å²) in [6.07, 6.45) is 2.39. The number of carbonyl (C=O) groups excluding carboxylic acids is 1. The van der Waals surface area contributed by atoms with E-state index < -0.39 is 0 Å². The van der Waals surface area contributed by atoms with Gasteiger partial charge in [0.25, 0.3) is 0 Å². The lowest BCUT2D eigenvalue weighted by Crippen LogP contribution is -2.40. The van der Waals surface area contributed by atoms with Crippen LogP contribution in [0.15, 0.2) is 30.3 Å². The van der Waals surface area contributed by atoms with Gasteiger partial charge in [-0.2, -0.15) is 5.26 Å². The first kappa shape index (κ1) is 12.6. The highest BCUT2D eigenvalue weighted by Crippen LogP contribution is 2.19. The van der Waals surface area contributed by atoms with Crippen LogP contribution in [-0.2, 0) is 4.79 Å². The molecule has 0 bridgehead atoms. The number of nitriles is 1. The maximum absolute atomic E-state index is 12.2. The lowest BCUT2D eigenvalue weighted by molar-refractivity contribution is -0.120. The van der Waals surface area contributed by atoms with Gasteiger partial charge in [0.15, 0.2) is 0 Å². The van der Waals surface area contributed by atoms with Crippen LogP contribution in [0.1, 0.15) is 19.3 Å². The molecule has 0 radical (unpaired) electrons. The number of nitrogens with zero attached hydrogens (tertiary/aromatic N) is 2. The predicted octanol–water partition coefficient (Wildman–Crippen LogP) is 2.00. The summed E-state index contributed by atoms with van der Waals surface area (Å²) in [4.78, 5) is 14.3. The van der Waals surface area contributed by atoms with Gasteiger partial charge in [-0.25, -0.2) is 0 Å². The summed E-state index contributed by atoms with van der Waals surface area (Å²) in [5.41, 5.74) is 0.828. The molecule has 1 aromatic rings. The number of hydrogen-bond acceptors (Lipinski definition) is 3. The van der Waals surface area contributed by atoms with Crippen LogP contribution in [0, 0.1) is 11.3 Å². The van der Waals surface area contributed by atoms with Gasteiger partial charge in [0.05, 0.1) is 12.1 Å². The fraction of sp³-hybridized carbons (Fsp3) is 0.429. The number of rotatable bonds is 4. The lowest BCUT2D eigenvalue weighted by Gasteiger charge is -2.22. The highest BCUT2D eigenvalue weighted by Gasteiger charge is 2.30. The van der Waals surface area contributed by atoms with E-state index in [-0.39, 0.29) is 11.9 Å². The second kappa shape index (κ2) is 6.18. The first-order chi connectivity index (χ1) is 8.81. The number of carbonyl (C=O) groups is 1. The maximum atomic E-state index is 12.2. The van der Waals surface area contributed by atoms with Gasteiger partial charge >= 0.3 is 0 Å². The molecule has 1 fully saturated rings. The monoisotopic (exact) mass is 243 g/mol. The van der Waals surface area contributed by atoms with Crippen molar-refractivity contribution in [3.63, 3.8) is 0 Å². The minimum atomic E-state index is -0.0847. The molecule has 1 heterocycles. The Bertz CT molecular complexity index is 438. The van der Waals surface area contributed by atoms with Crippen LogP contribution < -0.4 is 5.32 Å². The van der Waals surface area contributed by atoms with Gasteiger partial charge in [-0.15, -0.1) is 0 Å². The molecule has 1 aliphatic rings. The first-order valence-electron chi connectivity index (χ1n) is 6.28. The van der Waals surface area contributed by atoms with Crippen molar-refractivity contribution in [3.8, 4) is 6.07 Å². The summed E-state index contributed by atoms with van der Waals surface area (Å²) in [7, 11) is 0. The van der Waals surface area contributed by atoms with Crippen molar-refractivity contribution in [2.75, 3.05) is 18.4 Å². The Hall–Kier alpha value is -1.86. The van der Waals surface area contributed by atoms with E-state index in [4.69, 9.17) is 5.26 Å². The topological polar surface area (TPSA) is 56.1 Å². The zero-order valence-corrected chi connectivity index (χ0v) is 10.3. The summed E-state index contributed by atoms with van der Waals surface area (Å²) >= 11 is 0.